The Morgan fingerprint density at radius 1 is 0.790 bits per heavy atom. The number of nitrogen functional groups attached to an aromatic ring is 1. The van der Waals surface area contributed by atoms with Crippen LogP contribution in [-0.4, -0.2) is 74.5 Å². The van der Waals surface area contributed by atoms with E-state index < -0.39 is 20.0 Å². The molecule has 328 valence electrons. The van der Waals surface area contributed by atoms with Gasteiger partial charge in [0.2, 0.25) is 11.0 Å². The second-order valence-electron chi connectivity index (χ2n) is 14.3. The molecule has 2 aromatic heterocycles. The second kappa shape index (κ2) is 24.5. The number of ether oxygens (including phenoxy) is 3. The third kappa shape index (κ3) is 15.6. The molecule has 0 unspecified atom stereocenters. The smallest absolute Gasteiger partial charge is 0.224 e. The molecule has 0 bridgehead atoms. The van der Waals surface area contributed by atoms with Crippen LogP contribution in [0.5, 0.6) is 11.5 Å². The minimum atomic E-state index is -1.34. The predicted molar refractivity (Wildman–Crippen MR) is 247 cm³/mol. The predicted octanol–water partition coefficient (Wildman–Crippen LogP) is 9.69. The fraction of sp³-hybridized carbons (Fsp3) is 0.279. The Labute approximate surface area is 378 Å². The lowest BCUT2D eigenvalue weighted by Crippen LogP contribution is -2.16. The van der Waals surface area contributed by atoms with E-state index in [1.807, 2.05) is 0 Å². The van der Waals surface area contributed by atoms with Crippen molar-refractivity contribution in [3.05, 3.63) is 121 Å². The normalized spacial score (nSPS) is 12.0. The van der Waals surface area contributed by atoms with E-state index in [1.165, 1.54) is 55.9 Å². The molecule has 1 fully saturated rings. The van der Waals surface area contributed by atoms with Gasteiger partial charge in [-0.1, -0.05) is 70.9 Å². The Balaban J connectivity index is 0.000000213. The van der Waals surface area contributed by atoms with E-state index in [2.05, 4.69) is 44.7 Å². The number of carbonyl (C=O) groups excluding carboxylic acids is 2. The van der Waals surface area contributed by atoms with E-state index in [0.29, 0.717) is 81.5 Å². The number of nitrogens with two attached hydrogens (primary N) is 2. The maximum atomic E-state index is 15.2. The molecule has 12 nitrogen and oxygen atoms in total. The zero-order valence-electron chi connectivity index (χ0n) is 34.8. The van der Waals surface area contributed by atoms with Crippen LogP contribution >= 0.6 is 45.9 Å². The summed E-state index contributed by atoms with van der Waals surface area (Å²) >= 11 is 14.5. The molecule has 0 radical (unpaired) electrons. The first-order chi connectivity index (χ1) is 29.6. The van der Waals surface area contributed by atoms with Gasteiger partial charge >= 0.3 is 0 Å². The number of hydrogen-bond donors (Lipinski definition) is 2. The first-order valence-electron chi connectivity index (χ1n) is 19.1. The lowest BCUT2D eigenvalue weighted by molar-refractivity contribution is -0.117. The summed E-state index contributed by atoms with van der Waals surface area (Å²) in [4.78, 5) is 20.7. The van der Waals surface area contributed by atoms with Crippen LogP contribution in [0.15, 0.2) is 77.5 Å². The highest BCUT2D eigenvalue weighted by Crippen LogP contribution is 2.38. The molecule has 4 aromatic carbocycles. The van der Waals surface area contributed by atoms with Crippen molar-refractivity contribution in [3.63, 3.8) is 0 Å². The number of nitrogens with zero attached hydrogens (tertiary/aromatic N) is 5. The number of benzene rings is 4. The van der Waals surface area contributed by atoms with Gasteiger partial charge < -0.3 is 30.3 Å². The van der Waals surface area contributed by atoms with Gasteiger partial charge in [0.25, 0.3) is 0 Å². The molecular formula is C43H47Cl2F2N7O5S2Si. The number of methoxy groups -OCH3 is 2. The molecule has 1 aliphatic heterocycles. The van der Waals surface area contributed by atoms with Gasteiger partial charge in [0.1, 0.15) is 38.2 Å². The summed E-state index contributed by atoms with van der Waals surface area (Å²) in [6, 6.07) is 20.7. The fourth-order valence-electron chi connectivity index (χ4n) is 5.65. The molecule has 1 saturated heterocycles. The van der Waals surface area contributed by atoms with Crippen molar-refractivity contribution >= 4 is 77.7 Å². The van der Waals surface area contributed by atoms with E-state index in [4.69, 9.17) is 48.9 Å². The number of hydrogen-bond acceptors (Lipinski definition) is 13. The number of aldehydes is 1. The van der Waals surface area contributed by atoms with Gasteiger partial charge in [0, 0.05) is 36.1 Å². The summed E-state index contributed by atoms with van der Waals surface area (Å²) in [7, 11) is 1.66. The van der Waals surface area contributed by atoms with E-state index >= 15 is 8.78 Å². The van der Waals surface area contributed by atoms with Crippen molar-refractivity contribution in [1.82, 2.24) is 20.4 Å². The van der Waals surface area contributed by atoms with Gasteiger partial charge in [0.15, 0.2) is 14.5 Å². The van der Waals surface area contributed by atoms with E-state index in [9.17, 15) is 9.59 Å². The lowest BCUT2D eigenvalue weighted by atomic mass is 9.99. The van der Waals surface area contributed by atoms with Gasteiger partial charge in [-0.15, -0.1) is 31.7 Å². The van der Waals surface area contributed by atoms with Crippen LogP contribution in [0, 0.1) is 11.6 Å². The number of rotatable bonds is 12. The van der Waals surface area contributed by atoms with E-state index in [1.54, 1.807) is 72.8 Å². The highest BCUT2D eigenvalue weighted by molar-refractivity contribution is 7.15. The fourth-order valence-corrected chi connectivity index (χ4v) is 8.05. The summed E-state index contributed by atoms with van der Waals surface area (Å²) in [6.45, 7) is 8.23. The minimum absolute atomic E-state index is 0.0243. The Morgan fingerprint density at radius 3 is 1.65 bits per heavy atom. The van der Waals surface area contributed by atoms with Crippen LogP contribution in [0.1, 0.15) is 39.0 Å². The van der Waals surface area contributed by atoms with Crippen molar-refractivity contribution in [2.75, 3.05) is 33.2 Å². The average molecular weight is 943 g/mol. The van der Waals surface area contributed by atoms with Crippen LogP contribution in [0.3, 0.4) is 0 Å². The van der Waals surface area contributed by atoms with Crippen LogP contribution in [0.25, 0.3) is 22.3 Å². The number of amides is 1. The molecule has 6 aromatic rings. The summed E-state index contributed by atoms with van der Waals surface area (Å²) < 4.78 is 49.8. The zero-order chi connectivity index (χ0) is 45.2. The summed E-state index contributed by atoms with van der Waals surface area (Å²) in [6.07, 6.45) is 5.21. The van der Waals surface area contributed by atoms with E-state index in [-0.39, 0.29) is 18.7 Å². The van der Waals surface area contributed by atoms with Crippen molar-refractivity contribution in [2.24, 2.45) is 10.4 Å². The third-order valence-corrected chi connectivity index (χ3v) is 11.5. The third-order valence-electron chi connectivity index (χ3n) is 8.38. The molecule has 0 saturated carbocycles. The van der Waals surface area contributed by atoms with Crippen LogP contribution in [0.4, 0.5) is 13.9 Å². The van der Waals surface area contributed by atoms with Gasteiger partial charge in [-0.3, -0.25) is 9.59 Å². The first-order valence-corrected chi connectivity index (χ1v) is 24.9. The van der Waals surface area contributed by atoms with Crippen LogP contribution in [-0.2, 0) is 33.6 Å². The monoisotopic (exact) mass is 941 g/mol. The number of halogens is 4. The van der Waals surface area contributed by atoms with E-state index in [0.717, 1.165) is 19.5 Å². The van der Waals surface area contributed by atoms with Gasteiger partial charge in [-0.2, -0.15) is 0 Å². The molecule has 19 heteroatoms. The Hall–Kier alpha value is -5.17. The topological polar surface area (TPSA) is 178 Å². The number of aromatic nitrogens is 4. The number of anilines is 1. The largest absolute Gasteiger partial charge is 0.496 e. The lowest BCUT2D eigenvalue weighted by Gasteiger charge is -2.13. The quantitative estimate of drug-likeness (QED) is 0.0682. The maximum Gasteiger partial charge on any atom is 0.224 e. The second-order valence-corrected chi connectivity index (χ2v) is 22.0. The molecule has 3 heterocycles. The van der Waals surface area contributed by atoms with Gasteiger partial charge in [-0.05, 0) is 91.1 Å². The Kier molecular flexibility index (Phi) is 19.5. The maximum absolute atomic E-state index is 15.2. The summed E-state index contributed by atoms with van der Waals surface area (Å²) in [5.74, 6) is -0.379. The summed E-state index contributed by atoms with van der Waals surface area (Å²) in [5.41, 5.74) is 13.7. The molecule has 0 aliphatic carbocycles. The molecule has 1 amide bonds. The highest BCUT2D eigenvalue weighted by atomic mass is 35.5. The Bertz CT molecular complexity index is 2440. The van der Waals surface area contributed by atoms with Gasteiger partial charge in [0.05, 0.1) is 38.0 Å². The number of primary amides is 1. The van der Waals surface area contributed by atoms with Gasteiger partial charge in [-0.25, -0.2) is 8.78 Å². The van der Waals surface area contributed by atoms with Crippen molar-refractivity contribution in [2.45, 2.75) is 51.7 Å². The minimum Gasteiger partial charge on any atom is -0.496 e. The zero-order valence-corrected chi connectivity index (χ0v) is 38.9. The molecule has 0 spiro atoms. The molecule has 4 N–H and O–H groups in total. The Morgan fingerprint density at radius 2 is 1.27 bits per heavy atom. The number of carbonyl (C=O) groups is 2. The molecule has 7 rings (SSSR count). The van der Waals surface area contributed by atoms with Crippen LogP contribution in [0.2, 0.25) is 29.7 Å². The van der Waals surface area contributed by atoms with Crippen molar-refractivity contribution in [3.8, 4) is 33.8 Å². The summed E-state index contributed by atoms with van der Waals surface area (Å²) in [5, 5.41) is 18.8. The van der Waals surface area contributed by atoms with Crippen LogP contribution < -0.4 is 20.9 Å². The van der Waals surface area contributed by atoms with Crippen molar-refractivity contribution in [1.29, 1.82) is 0 Å². The molecule has 0 atom stereocenters. The first kappa shape index (κ1) is 49.5. The van der Waals surface area contributed by atoms with Crippen molar-refractivity contribution < 1.29 is 32.6 Å². The highest BCUT2D eigenvalue weighted by Gasteiger charge is 2.20. The SMILES string of the molecule is C1CCOC1.COc1ccc(Cc2nnc(CC(N)=O)s2)c(F)c1-c1cccc(Cl)c1.COc1ccc(Cc2nnc(N)s2)c(F)c1-c1cccc(Cl)c1.C[Si](C)(C)N=CC=O. The molecule has 62 heavy (non-hydrogen) atoms. The average Bonchev–Trinajstić information content (AvgIpc) is 4.04. The molecule has 1 aliphatic rings. The standard InChI is InChI=1S/C18H15ClFN3O2S.C16H13ClFN3OS.C5H11NOSi.C4H8O/c1-25-13-6-5-11(8-15-22-23-16(26-15)9-14(21)24)18(20)17(13)10-3-2-4-12(19)7-10;1-22-12-6-5-10(8-13-20-21-16(19)23-13)15(18)14(12)9-3-2-4-11(17)7-9;1-8(2,3)6-4-5-7;1-2-4-5-3-1/h2-7H,8-9H2,1H3,(H2,21,24);2-7H,8H2,1H3,(H2,19,21);4-5H,1-3H3;1-4H2. The molecular weight excluding hydrogens is 896 g/mol.